The van der Waals surface area contributed by atoms with Gasteiger partial charge in [-0.25, -0.2) is 0 Å². The zero-order chi connectivity index (χ0) is 21.0. The Morgan fingerprint density at radius 1 is 1.21 bits per heavy atom. The molecule has 0 aliphatic heterocycles. The molecule has 2 aromatic carbocycles. The predicted molar refractivity (Wildman–Crippen MR) is 124 cm³/mol. The quantitative estimate of drug-likeness (QED) is 0.399. The summed E-state index contributed by atoms with van der Waals surface area (Å²) in [6, 6.07) is 11.6. The topological polar surface area (TPSA) is 69.0 Å². The van der Waals surface area contributed by atoms with E-state index in [9.17, 15) is 4.79 Å². The number of carbonyl (C=O) groups is 1. The summed E-state index contributed by atoms with van der Waals surface area (Å²) in [5.41, 5.74) is 2.68. The molecule has 0 fully saturated rings. The van der Waals surface area contributed by atoms with E-state index >= 15 is 0 Å². The molecule has 0 unspecified atom stereocenters. The highest BCUT2D eigenvalue weighted by atomic mass is 79.9. The highest BCUT2D eigenvalue weighted by molar-refractivity contribution is 9.11. The van der Waals surface area contributed by atoms with Crippen molar-refractivity contribution in [2.75, 3.05) is 18.2 Å². The van der Waals surface area contributed by atoms with E-state index in [1.165, 1.54) is 11.8 Å². The number of benzene rings is 2. The minimum absolute atomic E-state index is 0.121. The lowest BCUT2D eigenvalue weighted by Crippen LogP contribution is -2.15. The number of halogens is 2. The lowest BCUT2D eigenvalue weighted by molar-refractivity contribution is -0.113. The number of ether oxygens (including phenoxy) is 1. The Bertz CT molecular complexity index is 1020. The first kappa shape index (κ1) is 21.9. The van der Waals surface area contributed by atoms with E-state index in [4.69, 9.17) is 4.74 Å². The Labute approximate surface area is 190 Å². The summed E-state index contributed by atoms with van der Waals surface area (Å²) < 4.78 is 9.09. The van der Waals surface area contributed by atoms with Crippen molar-refractivity contribution < 1.29 is 9.53 Å². The molecule has 0 radical (unpaired) electrons. The fourth-order valence-electron chi connectivity index (χ4n) is 2.83. The van der Waals surface area contributed by atoms with Gasteiger partial charge in [0.1, 0.15) is 5.75 Å². The number of nitrogens with one attached hydrogen (secondary N) is 1. The molecule has 0 aliphatic carbocycles. The molecule has 3 rings (SSSR count). The van der Waals surface area contributed by atoms with Crippen molar-refractivity contribution in [2.24, 2.45) is 0 Å². The molecule has 0 saturated heterocycles. The maximum Gasteiger partial charge on any atom is 0.234 e. The van der Waals surface area contributed by atoms with Gasteiger partial charge in [-0.2, -0.15) is 0 Å². The predicted octanol–water partition coefficient (Wildman–Crippen LogP) is 5.54. The van der Waals surface area contributed by atoms with Crippen molar-refractivity contribution in [1.82, 2.24) is 14.8 Å². The van der Waals surface area contributed by atoms with Crippen LogP contribution in [-0.2, 0) is 11.3 Å². The number of amides is 1. The number of hydrogen-bond donors (Lipinski definition) is 1. The van der Waals surface area contributed by atoms with Crippen molar-refractivity contribution in [3.8, 4) is 17.1 Å². The van der Waals surface area contributed by atoms with Crippen molar-refractivity contribution in [3.63, 3.8) is 0 Å². The lowest BCUT2D eigenvalue weighted by atomic mass is 10.2. The van der Waals surface area contributed by atoms with Crippen molar-refractivity contribution in [1.29, 1.82) is 0 Å². The molecule has 0 spiro atoms. The third-order valence-electron chi connectivity index (χ3n) is 4.16. The first-order valence-electron chi connectivity index (χ1n) is 8.89. The van der Waals surface area contributed by atoms with E-state index in [1.54, 1.807) is 7.11 Å². The third kappa shape index (κ3) is 5.02. The molecular formula is C20H20Br2N4O2S. The summed E-state index contributed by atoms with van der Waals surface area (Å²) in [6.07, 6.45) is 0. The van der Waals surface area contributed by atoms with E-state index in [2.05, 4.69) is 47.4 Å². The van der Waals surface area contributed by atoms with Crippen LogP contribution in [0.5, 0.6) is 5.75 Å². The normalized spacial score (nSPS) is 10.8. The van der Waals surface area contributed by atoms with Crippen LogP contribution in [0.4, 0.5) is 5.69 Å². The summed E-state index contributed by atoms with van der Waals surface area (Å²) in [7, 11) is 1.63. The molecular weight excluding hydrogens is 520 g/mol. The number of aromatic nitrogens is 3. The first-order chi connectivity index (χ1) is 13.9. The minimum Gasteiger partial charge on any atom is -0.496 e. The van der Waals surface area contributed by atoms with Gasteiger partial charge in [0, 0.05) is 15.5 Å². The fourth-order valence-corrected chi connectivity index (χ4v) is 5.25. The fraction of sp³-hybridized carbons (Fsp3) is 0.250. The summed E-state index contributed by atoms with van der Waals surface area (Å²) in [5, 5.41) is 12.2. The zero-order valence-corrected chi connectivity index (χ0v) is 20.2. The Kier molecular flexibility index (Phi) is 7.37. The van der Waals surface area contributed by atoms with Gasteiger partial charge in [0.25, 0.3) is 0 Å². The Morgan fingerprint density at radius 3 is 2.55 bits per heavy atom. The molecule has 0 bridgehead atoms. The average Bonchev–Trinajstić information content (AvgIpc) is 3.11. The molecule has 1 aromatic heterocycles. The van der Waals surface area contributed by atoms with Crippen molar-refractivity contribution in [2.45, 2.75) is 25.5 Å². The Hall–Kier alpha value is -1.84. The summed E-state index contributed by atoms with van der Waals surface area (Å²) in [5.74, 6) is 1.55. The SMILES string of the molecule is CCn1c(SCC(=O)Nc2c(Br)cc(C)cc2Br)nnc1-c1ccccc1OC. The molecule has 1 N–H and O–H groups in total. The van der Waals surface area contributed by atoms with Gasteiger partial charge >= 0.3 is 0 Å². The number of nitrogens with zero attached hydrogens (tertiary/aromatic N) is 3. The second-order valence-electron chi connectivity index (χ2n) is 6.19. The van der Waals surface area contributed by atoms with Crippen LogP contribution in [0.2, 0.25) is 0 Å². The van der Waals surface area contributed by atoms with Crippen LogP contribution in [0.25, 0.3) is 11.4 Å². The number of methoxy groups -OCH3 is 1. The third-order valence-corrected chi connectivity index (χ3v) is 6.38. The van der Waals surface area contributed by atoms with E-state index < -0.39 is 0 Å². The van der Waals surface area contributed by atoms with Gasteiger partial charge in [-0.05, 0) is 75.5 Å². The molecule has 1 heterocycles. The van der Waals surface area contributed by atoms with E-state index in [0.29, 0.717) is 17.4 Å². The van der Waals surface area contributed by atoms with Gasteiger partial charge in [0.15, 0.2) is 11.0 Å². The van der Waals surface area contributed by atoms with Crippen LogP contribution in [0, 0.1) is 6.92 Å². The van der Waals surface area contributed by atoms with Gasteiger partial charge in [0.2, 0.25) is 5.91 Å². The monoisotopic (exact) mass is 538 g/mol. The minimum atomic E-state index is -0.121. The molecule has 1 amide bonds. The smallest absolute Gasteiger partial charge is 0.234 e. The van der Waals surface area contributed by atoms with E-state index in [0.717, 1.165) is 31.6 Å². The molecule has 6 nitrogen and oxygen atoms in total. The van der Waals surface area contributed by atoms with Gasteiger partial charge < -0.3 is 14.6 Å². The van der Waals surface area contributed by atoms with Gasteiger partial charge in [-0.3, -0.25) is 4.79 Å². The number of rotatable bonds is 7. The largest absolute Gasteiger partial charge is 0.496 e. The molecule has 29 heavy (non-hydrogen) atoms. The molecule has 152 valence electrons. The van der Waals surface area contributed by atoms with Crippen molar-refractivity contribution >= 4 is 55.2 Å². The van der Waals surface area contributed by atoms with E-state index in [-0.39, 0.29) is 11.7 Å². The second-order valence-corrected chi connectivity index (χ2v) is 8.84. The number of para-hydroxylation sites is 1. The second kappa shape index (κ2) is 9.77. The van der Waals surface area contributed by atoms with Crippen molar-refractivity contribution in [3.05, 3.63) is 50.9 Å². The highest BCUT2D eigenvalue weighted by Crippen LogP contribution is 2.33. The Balaban J connectivity index is 1.75. The number of hydrogen-bond acceptors (Lipinski definition) is 5. The van der Waals surface area contributed by atoms with Gasteiger partial charge in [-0.15, -0.1) is 10.2 Å². The molecule has 9 heteroatoms. The average molecular weight is 540 g/mol. The van der Waals surface area contributed by atoms with Crippen LogP contribution in [-0.4, -0.2) is 33.5 Å². The van der Waals surface area contributed by atoms with Gasteiger partial charge in [0.05, 0.1) is 24.1 Å². The summed E-state index contributed by atoms with van der Waals surface area (Å²) >= 11 is 8.35. The van der Waals surface area contributed by atoms with Crippen LogP contribution in [0.3, 0.4) is 0 Å². The molecule has 3 aromatic rings. The zero-order valence-electron chi connectivity index (χ0n) is 16.2. The highest BCUT2D eigenvalue weighted by Gasteiger charge is 2.18. The Morgan fingerprint density at radius 2 is 1.90 bits per heavy atom. The van der Waals surface area contributed by atoms with Crippen LogP contribution >= 0.6 is 43.6 Å². The summed E-state index contributed by atoms with van der Waals surface area (Å²) in [6.45, 7) is 4.69. The van der Waals surface area contributed by atoms with Crippen LogP contribution < -0.4 is 10.1 Å². The number of anilines is 1. The molecule has 0 aliphatic rings. The van der Waals surface area contributed by atoms with Crippen LogP contribution in [0.15, 0.2) is 50.5 Å². The summed E-state index contributed by atoms with van der Waals surface area (Å²) in [4.78, 5) is 12.5. The number of aryl methyl sites for hydroxylation is 1. The van der Waals surface area contributed by atoms with E-state index in [1.807, 2.05) is 54.8 Å². The number of carbonyl (C=O) groups excluding carboxylic acids is 1. The maximum absolute atomic E-state index is 12.5. The lowest BCUT2D eigenvalue weighted by Gasteiger charge is -2.12. The number of thioether (sulfide) groups is 1. The van der Waals surface area contributed by atoms with Gasteiger partial charge in [-0.1, -0.05) is 23.9 Å². The molecule has 0 saturated carbocycles. The van der Waals surface area contributed by atoms with Crippen LogP contribution in [0.1, 0.15) is 12.5 Å². The molecule has 0 atom stereocenters. The first-order valence-corrected chi connectivity index (χ1v) is 11.5. The standard InChI is InChI=1S/C20H20Br2N4O2S/c1-4-26-19(13-7-5-6-8-16(13)28-3)24-25-20(26)29-11-17(27)23-18-14(21)9-12(2)10-15(18)22/h5-10H,4,11H2,1-3H3,(H,23,27). The maximum atomic E-state index is 12.5.